The minimum atomic E-state index is -0.847. The van der Waals surface area contributed by atoms with Crippen LogP contribution in [-0.4, -0.2) is 131 Å². The Kier molecular flexibility index (Phi) is 12.6. The van der Waals surface area contributed by atoms with Gasteiger partial charge in [-0.1, -0.05) is 55.5 Å². The molecule has 0 spiro atoms. The molecule has 14 heteroatoms. The Morgan fingerprint density at radius 2 is 1.31 bits per heavy atom. The number of H-pyrrole nitrogens is 1. The molecule has 0 unspecified atom stereocenters. The van der Waals surface area contributed by atoms with Crippen molar-refractivity contribution >= 4 is 28.5 Å². The molecule has 3 fully saturated rings. The van der Waals surface area contributed by atoms with E-state index < -0.39 is 34.8 Å². The molecule has 0 saturated carbocycles. The summed E-state index contributed by atoms with van der Waals surface area (Å²) >= 11 is 0. The van der Waals surface area contributed by atoms with Crippen LogP contribution in [0.4, 0.5) is 13.2 Å². The number of hydrogen-bond acceptors (Lipinski definition) is 7. The van der Waals surface area contributed by atoms with Gasteiger partial charge < -0.3 is 19.6 Å². The highest BCUT2D eigenvalue weighted by molar-refractivity contribution is 5.96. The summed E-state index contributed by atoms with van der Waals surface area (Å²) < 4.78 is 45.5. The number of carbonyl (C=O) groups is 3. The summed E-state index contributed by atoms with van der Waals surface area (Å²) in [5.74, 6) is -3.00. The van der Waals surface area contributed by atoms with Crippen molar-refractivity contribution in [1.29, 1.82) is 0 Å². The molecule has 0 radical (unpaired) electrons. The van der Waals surface area contributed by atoms with E-state index in [2.05, 4.69) is 20.0 Å². The second kappa shape index (κ2) is 18.4. The van der Waals surface area contributed by atoms with Gasteiger partial charge in [-0.15, -0.1) is 0 Å². The van der Waals surface area contributed by atoms with E-state index in [-0.39, 0.29) is 23.6 Å². The third-order valence-electron chi connectivity index (χ3n) is 12.5. The topological polar surface area (TPSA) is 113 Å². The lowest BCUT2D eigenvalue weighted by molar-refractivity contribution is -0.134. The highest BCUT2D eigenvalue weighted by Crippen LogP contribution is 2.28. The third kappa shape index (κ3) is 9.40. The Hall–Kier alpha value is -5.86. The number of halogens is 3. The summed E-state index contributed by atoms with van der Waals surface area (Å²) in [5.41, 5.74) is 2.65. The highest BCUT2D eigenvalue weighted by atomic mass is 19.1. The van der Waals surface area contributed by atoms with Crippen molar-refractivity contribution in [2.75, 3.05) is 78.5 Å². The molecular weight excluding hydrogens is 784 g/mol. The molecule has 318 valence electrons. The van der Waals surface area contributed by atoms with Gasteiger partial charge in [0, 0.05) is 83.8 Å². The van der Waals surface area contributed by atoms with Crippen molar-refractivity contribution in [3.05, 3.63) is 135 Å². The Morgan fingerprint density at radius 1 is 0.656 bits per heavy atom. The average molecular weight is 834 g/mol. The predicted octanol–water partition coefficient (Wildman–Crippen LogP) is 5.62. The third-order valence-corrected chi connectivity index (χ3v) is 12.5. The van der Waals surface area contributed by atoms with Gasteiger partial charge in [0.25, 0.3) is 17.4 Å². The van der Waals surface area contributed by atoms with E-state index in [0.717, 1.165) is 57.5 Å². The first-order chi connectivity index (χ1) is 29.5. The van der Waals surface area contributed by atoms with E-state index in [9.17, 15) is 19.2 Å². The molecule has 11 nitrogen and oxygen atoms in total. The molecule has 4 aromatic carbocycles. The number of rotatable bonds is 10. The van der Waals surface area contributed by atoms with E-state index in [1.54, 1.807) is 39.0 Å². The van der Waals surface area contributed by atoms with Crippen LogP contribution in [0.5, 0.6) is 0 Å². The molecule has 0 bridgehead atoms. The normalized spacial score (nSPS) is 17.0. The van der Waals surface area contributed by atoms with Crippen LogP contribution in [0.1, 0.15) is 57.3 Å². The standard InChI is InChI=1S/C47H50F3N7O4/c1-2-31-6-5-7-34(24-31)35-27-40(49)44(41(50)28-35)47(61)56-14-12-32(13-15-56)29-53-16-18-54(19-17-53)30-43(58)55-20-22-57(23-21-55)46(60)38-25-33(10-11-39(38)48)26-42-36-8-3-4-9-37(36)45(59)52-51-42/h3-11,24-25,27-28,32H,2,12-23,26,29-30H2,1H3,(H,52,59). The van der Waals surface area contributed by atoms with E-state index in [1.165, 1.54) is 18.2 Å². The van der Waals surface area contributed by atoms with Gasteiger partial charge in [0.2, 0.25) is 5.91 Å². The summed E-state index contributed by atoms with van der Waals surface area (Å²) in [6.45, 7) is 8.42. The van der Waals surface area contributed by atoms with Gasteiger partial charge in [-0.2, -0.15) is 5.10 Å². The van der Waals surface area contributed by atoms with Crippen LogP contribution in [-0.2, 0) is 17.6 Å². The molecule has 61 heavy (non-hydrogen) atoms. The van der Waals surface area contributed by atoms with Crippen molar-refractivity contribution in [2.45, 2.75) is 32.6 Å². The van der Waals surface area contributed by atoms with Crippen LogP contribution in [0.2, 0.25) is 0 Å². The quantitative estimate of drug-likeness (QED) is 0.195. The number of carbonyl (C=O) groups excluding carboxylic acids is 3. The van der Waals surface area contributed by atoms with Gasteiger partial charge in [0.15, 0.2) is 0 Å². The van der Waals surface area contributed by atoms with Crippen molar-refractivity contribution in [2.24, 2.45) is 5.92 Å². The SMILES string of the molecule is CCc1cccc(-c2cc(F)c(C(=O)N3CCC(CN4CCN(CC(=O)N5CCN(C(=O)c6cc(Cc7n[nH]c(=O)c8ccccc78)ccc6F)CC5)CC4)CC3)c(F)c2)c1. The molecule has 0 atom stereocenters. The fraction of sp³-hybridized carbons (Fsp3) is 0.383. The molecule has 1 aromatic heterocycles. The fourth-order valence-electron chi connectivity index (χ4n) is 8.85. The summed E-state index contributed by atoms with van der Waals surface area (Å²) in [5, 5.41) is 7.93. The van der Waals surface area contributed by atoms with Gasteiger partial charge in [-0.3, -0.25) is 24.1 Å². The number of aromatic amines is 1. The van der Waals surface area contributed by atoms with Gasteiger partial charge in [0.05, 0.1) is 23.2 Å². The van der Waals surface area contributed by atoms with Crippen LogP contribution < -0.4 is 5.56 Å². The number of nitrogens with one attached hydrogen (secondary N) is 1. The molecule has 4 heterocycles. The second-order valence-corrected chi connectivity index (χ2v) is 16.4. The second-order valence-electron chi connectivity index (χ2n) is 16.4. The lowest BCUT2D eigenvalue weighted by Crippen LogP contribution is -2.55. The van der Waals surface area contributed by atoms with Gasteiger partial charge in [-0.05, 0) is 77.8 Å². The minimum absolute atomic E-state index is 0.000366. The number of hydrogen-bond donors (Lipinski definition) is 1. The van der Waals surface area contributed by atoms with Crippen molar-refractivity contribution < 1.29 is 27.6 Å². The first-order valence-electron chi connectivity index (χ1n) is 21.2. The first kappa shape index (κ1) is 41.9. The number of aromatic nitrogens is 2. The van der Waals surface area contributed by atoms with E-state index in [1.807, 2.05) is 43.3 Å². The maximum absolute atomic E-state index is 15.2. The number of benzene rings is 4. The number of piperidine rings is 1. The summed E-state index contributed by atoms with van der Waals surface area (Å²) in [6, 6.07) is 21.6. The zero-order chi connectivity index (χ0) is 42.6. The smallest absolute Gasteiger partial charge is 0.272 e. The summed E-state index contributed by atoms with van der Waals surface area (Å²) in [7, 11) is 0. The minimum Gasteiger partial charge on any atom is -0.338 e. The van der Waals surface area contributed by atoms with Crippen molar-refractivity contribution in [3.8, 4) is 11.1 Å². The van der Waals surface area contributed by atoms with E-state index in [0.29, 0.717) is 84.8 Å². The Labute approximate surface area is 352 Å². The highest BCUT2D eigenvalue weighted by Gasteiger charge is 2.31. The molecule has 3 aliphatic heterocycles. The summed E-state index contributed by atoms with van der Waals surface area (Å²) in [4.78, 5) is 61.8. The number of piperazine rings is 2. The average Bonchev–Trinajstić information content (AvgIpc) is 3.28. The monoisotopic (exact) mass is 833 g/mol. The lowest BCUT2D eigenvalue weighted by Gasteiger charge is -2.40. The van der Waals surface area contributed by atoms with Crippen molar-refractivity contribution in [3.63, 3.8) is 0 Å². The zero-order valence-corrected chi connectivity index (χ0v) is 34.3. The van der Waals surface area contributed by atoms with Crippen molar-refractivity contribution in [1.82, 2.24) is 34.7 Å². The fourth-order valence-corrected chi connectivity index (χ4v) is 8.85. The molecule has 3 aliphatic rings. The van der Waals surface area contributed by atoms with Gasteiger partial charge in [0.1, 0.15) is 23.0 Å². The van der Waals surface area contributed by atoms with E-state index in [4.69, 9.17) is 0 Å². The number of likely N-dealkylation sites (tertiary alicyclic amines) is 1. The maximum Gasteiger partial charge on any atom is 0.272 e. The first-order valence-corrected chi connectivity index (χ1v) is 21.2. The number of aryl methyl sites for hydroxylation is 1. The molecule has 0 aliphatic carbocycles. The Balaban J connectivity index is 0.764. The van der Waals surface area contributed by atoms with Crippen LogP contribution in [0, 0.1) is 23.4 Å². The lowest BCUT2D eigenvalue weighted by atomic mass is 9.95. The number of nitrogens with zero attached hydrogens (tertiary/aromatic N) is 6. The molecule has 3 saturated heterocycles. The molecule has 1 N–H and O–H groups in total. The molecule has 3 amide bonds. The summed E-state index contributed by atoms with van der Waals surface area (Å²) in [6.07, 6.45) is 2.59. The number of fused-ring (bicyclic) bond motifs is 1. The Bertz CT molecular complexity index is 2470. The van der Waals surface area contributed by atoms with Crippen LogP contribution in [0.25, 0.3) is 21.9 Å². The van der Waals surface area contributed by atoms with Gasteiger partial charge >= 0.3 is 0 Å². The maximum atomic E-state index is 15.2. The van der Waals surface area contributed by atoms with Gasteiger partial charge in [-0.25, -0.2) is 18.3 Å². The van der Waals surface area contributed by atoms with Crippen LogP contribution >= 0.6 is 0 Å². The van der Waals surface area contributed by atoms with E-state index >= 15 is 13.2 Å². The largest absolute Gasteiger partial charge is 0.338 e. The predicted molar refractivity (Wildman–Crippen MR) is 227 cm³/mol. The Morgan fingerprint density at radius 3 is 2.02 bits per heavy atom. The molecule has 5 aromatic rings. The number of amides is 3. The van der Waals surface area contributed by atoms with Crippen LogP contribution in [0.3, 0.4) is 0 Å². The molecule has 8 rings (SSSR count). The zero-order valence-electron chi connectivity index (χ0n) is 34.3. The molecular formula is C47H50F3N7O4. The van der Waals surface area contributed by atoms with Crippen LogP contribution in [0.15, 0.2) is 83.7 Å².